The first-order chi connectivity index (χ1) is 22.2. The molecule has 0 fully saturated rings. The Kier molecular flexibility index (Phi) is 7.83. The Morgan fingerprint density at radius 3 is 1.32 bits per heavy atom. The van der Waals surface area contributed by atoms with Crippen LogP contribution in [0.5, 0.6) is 34.5 Å². The highest BCUT2D eigenvalue weighted by atomic mass is 32.2. The molecule has 15 heteroatoms. The van der Waals surface area contributed by atoms with Gasteiger partial charge < -0.3 is 27.9 Å². The molecule has 240 valence electrons. The van der Waals surface area contributed by atoms with Crippen molar-refractivity contribution >= 4 is 51.9 Å². The Bertz CT molecular complexity index is 2480. The first-order valence-electron chi connectivity index (χ1n) is 13.4. The third-order valence-corrected chi connectivity index (χ3v) is 10.6. The lowest BCUT2D eigenvalue weighted by Crippen LogP contribution is -2.13. The van der Waals surface area contributed by atoms with Crippen molar-refractivity contribution in [2.45, 2.75) is 14.7 Å². The molecule has 0 radical (unpaired) electrons. The van der Waals surface area contributed by atoms with Gasteiger partial charge in [0, 0.05) is 10.8 Å². The summed E-state index contributed by atoms with van der Waals surface area (Å²) in [6.45, 7) is 0. The second-order valence-electron chi connectivity index (χ2n) is 10.0. The molecule has 0 bridgehead atoms. The number of fused-ring (bicyclic) bond motifs is 2. The SMILES string of the molecule is O=S(=O)(Oc1ccc(OS(=O)(=O)c2ccc(O)cc2)c2c(OS(=O)(=O)c3ccc(O)cc3)c3ccccc3cc12)c1ccc(O)cc1. The van der Waals surface area contributed by atoms with Gasteiger partial charge in [0.05, 0.1) is 5.39 Å². The van der Waals surface area contributed by atoms with Crippen molar-refractivity contribution in [1.29, 1.82) is 0 Å². The van der Waals surface area contributed by atoms with Crippen LogP contribution in [0, 0.1) is 0 Å². The molecule has 6 rings (SSSR count). The summed E-state index contributed by atoms with van der Waals surface area (Å²) in [6, 6.07) is 23.4. The van der Waals surface area contributed by atoms with E-state index in [4.69, 9.17) is 12.5 Å². The minimum atomic E-state index is -4.65. The van der Waals surface area contributed by atoms with Crippen molar-refractivity contribution in [3.05, 3.63) is 115 Å². The third-order valence-electron chi connectivity index (χ3n) is 6.87. The molecule has 0 atom stereocenters. The summed E-state index contributed by atoms with van der Waals surface area (Å²) < 4.78 is 97.0. The second-order valence-corrected chi connectivity index (χ2v) is 14.6. The molecule has 0 saturated heterocycles. The lowest BCUT2D eigenvalue weighted by molar-refractivity contribution is 0.470. The van der Waals surface area contributed by atoms with Crippen molar-refractivity contribution in [3.63, 3.8) is 0 Å². The van der Waals surface area contributed by atoms with Crippen molar-refractivity contribution in [1.82, 2.24) is 0 Å². The molecule has 0 unspecified atom stereocenters. The summed E-state index contributed by atoms with van der Waals surface area (Å²) >= 11 is 0. The average molecular weight is 695 g/mol. The molecule has 0 aliphatic rings. The fourth-order valence-corrected chi connectivity index (χ4v) is 7.48. The van der Waals surface area contributed by atoms with E-state index < -0.39 is 41.9 Å². The average Bonchev–Trinajstić information content (AvgIpc) is 3.02. The van der Waals surface area contributed by atoms with Crippen molar-refractivity contribution < 1.29 is 53.1 Å². The van der Waals surface area contributed by atoms with Gasteiger partial charge in [-0.2, -0.15) is 25.3 Å². The molecule has 3 N–H and O–H groups in total. The lowest BCUT2D eigenvalue weighted by atomic mass is 10.0. The topological polar surface area (TPSA) is 191 Å². The minimum Gasteiger partial charge on any atom is -0.508 e. The van der Waals surface area contributed by atoms with Crippen LogP contribution in [0.3, 0.4) is 0 Å². The van der Waals surface area contributed by atoms with Gasteiger partial charge in [0.2, 0.25) is 0 Å². The first kappa shape index (κ1) is 31.5. The smallest absolute Gasteiger partial charge is 0.339 e. The molecule has 0 aliphatic carbocycles. The lowest BCUT2D eigenvalue weighted by Gasteiger charge is -2.18. The molecule has 6 aromatic carbocycles. The van der Waals surface area contributed by atoms with E-state index in [9.17, 15) is 40.6 Å². The fraction of sp³-hybridized carbons (Fsp3) is 0. The van der Waals surface area contributed by atoms with Gasteiger partial charge in [0.15, 0.2) is 17.2 Å². The Hall–Kier alpha value is -5.51. The monoisotopic (exact) mass is 694 g/mol. The third kappa shape index (κ3) is 6.31. The molecule has 0 spiro atoms. The number of phenols is 3. The number of hydrogen-bond donors (Lipinski definition) is 3. The largest absolute Gasteiger partial charge is 0.508 e. The number of hydrogen-bond acceptors (Lipinski definition) is 12. The number of rotatable bonds is 9. The van der Waals surface area contributed by atoms with Gasteiger partial charge in [-0.1, -0.05) is 24.3 Å². The molecule has 0 heterocycles. The standard InChI is InChI=1S/C32H22O12S3/c33-21-5-11-24(12-6-21)45(36,37)42-29-17-18-30(43-46(38,39)25-13-7-22(34)8-14-25)31-28(29)19-20-3-1-2-4-27(20)32(31)44-47(40,41)26-15-9-23(35)10-16-26/h1-19,33-35H. The van der Waals surface area contributed by atoms with Crippen LogP contribution < -0.4 is 12.5 Å². The molecule has 47 heavy (non-hydrogen) atoms. The maximum atomic E-state index is 13.5. The van der Waals surface area contributed by atoms with Crippen LogP contribution in [0.15, 0.2) is 130 Å². The van der Waals surface area contributed by atoms with Gasteiger partial charge in [0.25, 0.3) is 0 Å². The molecule has 0 saturated carbocycles. The summed E-state index contributed by atoms with van der Waals surface area (Å²) in [5, 5.41) is 29.1. The minimum absolute atomic E-state index is 0.0969. The first-order valence-corrected chi connectivity index (χ1v) is 17.6. The van der Waals surface area contributed by atoms with Crippen LogP contribution in [0.25, 0.3) is 21.5 Å². The molecule has 12 nitrogen and oxygen atoms in total. The number of benzene rings is 6. The normalized spacial score (nSPS) is 12.2. The number of aromatic hydroxyl groups is 3. The Morgan fingerprint density at radius 2 is 0.830 bits per heavy atom. The molecule has 6 aromatic rings. The summed E-state index contributed by atoms with van der Waals surface area (Å²) in [6.07, 6.45) is 0. The zero-order valence-corrected chi connectivity index (χ0v) is 26.2. The highest BCUT2D eigenvalue weighted by Gasteiger charge is 2.28. The summed E-state index contributed by atoms with van der Waals surface area (Å²) in [7, 11) is -13.8. The quantitative estimate of drug-likeness (QED) is 0.129. The van der Waals surface area contributed by atoms with Gasteiger partial charge in [0.1, 0.15) is 31.9 Å². The van der Waals surface area contributed by atoms with E-state index in [0.29, 0.717) is 5.39 Å². The van der Waals surface area contributed by atoms with Gasteiger partial charge in [-0.3, -0.25) is 0 Å². The second kappa shape index (κ2) is 11.7. The van der Waals surface area contributed by atoms with E-state index in [-0.39, 0.29) is 53.8 Å². The van der Waals surface area contributed by atoms with E-state index in [1.807, 2.05) is 0 Å². The predicted molar refractivity (Wildman–Crippen MR) is 169 cm³/mol. The van der Waals surface area contributed by atoms with Gasteiger partial charge in [-0.25, -0.2) is 0 Å². The Labute approximate surface area is 268 Å². The van der Waals surface area contributed by atoms with Crippen molar-refractivity contribution in [3.8, 4) is 34.5 Å². The van der Waals surface area contributed by atoms with E-state index in [1.54, 1.807) is 18.2 Å². The Balaban J connectivity index is 1.61. The van der Waals surface area contributed by atoms with Gasteiger partial charge >= 0.3 is 30.4 Å². The number of phenolic OH excluding ortho intramolecular Hbond substituents is 3. The van der Waals surface area contributed by atoms with E-state index in [1.165, 1.54) is 12.1 Å². The fourth-order valence-electron chi connectivity index (χ4n) is 4.64. The van der Waals surface area contributed by atoms with Crippen LogP contribution >= 0.6 is 0 Å². The van der Waals surface area contributed by atoms with Crippen LogP contribution in [-0.2, 0) is 30.4 Å². The van der Waals surface area contributed by atoms with Crippen molar-refractivity contribution in [2.75, 3.05) is 0 Å². The van der Waals surface area contributed by atoms with Crippen LogP contribution in [0.4, 0.5) is 0 Å². The van der Waals surface area contributed by atoms with Crippen LogP contribution in [0.2, 0.25) is 0 Å². The summed E-state index contributed by atoms with van der Waals surface area (Å²) in [4.78, 5) is -1.01. The van der Waals surface area contributed by atoms with E-state index >= 15 is 0 Å². The Morgan fingerprint density at radius 1 is 0.426 bits per heavy atom. The van der Waals surface area contributed by atoms with Gasteiger partial charge in [-0.05, 0) is 96.4 Å². The molecular formula is C32H22O12S3. The zero-order valence-electron chi connectivity index (χ0n) is 23.7. The maximum Gasteiger partial charge on any atom is 0.339 e. The molecular weight excluding hydrogens is 673 g/mol. The molecule has 0 aliphatic heterocycles. The van der Waals surface area contributed by atoms with Crippen LogP contribution in [0.1, 0.15) is 0 Å². The van der Waals surface area contributed by atoms with Crippen LogP contribution in [-0.4, -0.2) is 40.6 Å². The van der Waals surface area contributed by atoms with Crippen molar-refractivity contribution in [2.24, 2.45) is 0 Å². The van der Waals surface area contributed by atoms with E-state index in [0.717, 1.165) is 84.9 Å². The van der Waals surface area contributed by atoms with Gasteiger partial charge in [-0.15, -0.1) is 0 Å². The summed E-state index contributed by atoms with van der Waals surface area (Å²) in [5.74, 6) is -1.77. The predicted octanol–water partition coefficient (Wildman–Crippen LogP) is 5.41. The zero-order chi connectivity index (χ0) is 33.6. The highest BCUT2D eigenvalue weighted by Crippen LogP contribution is 2.46. The molecule has 0 amide bonds. The molecule has 0 aromatic heterocycles. The maximum absolute atomic E-state index is 13.5. The van der Waals surface area contributed by atoms with E-state index in [2.05, 4.69) is 0 Å². The highest BCUT2D eigenvalue weighted by molar-refractivity contribution is 7.87. The summed E-state index contributed by atoms with van der Waals surface area (Å²) in [5.41, 5.74) is 0.